The van der Waals surface area contributed by atoms with Crippen LogP contribution in [0.3, 0.4) is 0 Å². The molecule has 0 aliphatic carbocycles. The molecule has 2 heterocycles. The number of hydrogen-bond acceptors (Lipinski definition) is 6. The highest BCUT2D eigenvalue weighted by Crippen LogP contribution is 2.10. The van der Waals surface area contributed by atoms with Gasteiger partial charge in [-0.15, -0.1) is 0 Å². The molecule has 1 amide bonds. The molecule has 0 aromatic carbocycles. The van der Waals surface area contributed by atoms with E-state index >= 15 is 0 Å². The molecule has 2 aliphatic rings. The van der Waals surface area contributed by atoms with Crippen molar-refractivity contribution in [2.24, 2.45) is 15.7 Å². The van der Waals surface area contributed by atoms with Gasteiger partial charge in [-0.1, -0.05) is 0 Å². The van der Waals surface area contributed by atoms with Crippen molar-refractivity contribution in [1.29, 1.82) is 0 Å². The Labute approximate surface area is 106 Å². The van der Waals surface area contributed by atoms with E-state index in [0.717, 1.165) is 0 Å². The van der Waals surface area contributed by atoms with Gasteiger partial charge in [0.25, 0.3) is 5.91 Å². The molecule has 2 N–H and O–H groups in total. The lowest BCUT2D eigenvalue weighted by Crippen LogP contribution is -2.43. The summed E-state index contributed by atoms with van der Waals surface area (Å²) in [7, 11) is 3.63. The van der Waals surface area contributed by atoms with E-state index in [4.69, 9.17) is 10.5 Å². The van der Waals surface area contributed by atoms with Crippen LogP contribution in [0.15, 0.2) is 21.8 Å². The highest BCUT2D eigenvalue weighted by atomic mass is 16.5. The highest BCUT2D eigenvalue weighted by Gasteiger charge is 2.24. The van der Waals surface area contributed by atoms with Crippen molar-refractivity contribution in [3.05, 3.63) is 11.8 Å². The van der Waals surface area contributed by atoms with Gasteiger partial charge in [0.15, 0.2) is 0 Å². The summed E-state index contributed by atoms with van der Waals surface area (Å²) < 4.78 is 5.24. The Hall–Kier alpha value is -1.89. The van der Waals surface area contributed by atoms with Crippen molar-refractivity contribution in [3.63, 3.8) is 0 Å². The van der Waals surface area contributed by atoms with E-state index in [1.165, 1.54) is 0 Å². The van der Waals surface area contributed by atoms with E-state index in [1.54, 1.807) is 11.1 Å². The summed E-state index contributed by atoms with van der Waals surface area (Å²) in [5.41, 5.74) is 6.14. The molecule has 0 radical (unpaired) electrons. The second kappa shape index (κ2) is 5.18. The first-order valence-corrected chi connectivity index (χ1v) is 5.76. The standard InChI is InChI=1S/C11H17N5O2/c1-15(2)7-8-9(12)13-11(14-10(8)17)16-3-5-18-6-4-16/h7H,3-6H2,1-2H3,(H2,12,13,14,17)/b8-7+. The van der Waals surface area contributed by atoms with Crippen LogP contribution in [0.1, 0.15) is 0 Å². The lowest BCUT2D eigenvalue weighted by atomic mass is 10.2. The second-order valence-corrected chi connectivity index (χ2v) is 4.32. The lowest BCUT2D eigenvalue weighted by Gasteiger charge is -2.28. The zero-order valence-corrected chi connectivity index (χ0v) is 10.6. The number of amides is 1. The van der Waals surface area contributed by atoms with Crippen LogP contribution in [-0.2, 0) is 9.53 Å². The van der Waals surface area contributed by atoms with Gasteiger partial charge < -0.3 is 20.3 Å². The molecule has 7 heteroatoms. The summed E-state index contributed by atoms with van der Waals surface area (Å²) in [5.74, 6) is 0.250. The van der Waals surface area contributed by atoms with Crippen LogP contribution in [0, 0.1) is 0 Å². The Bertz CT molecular complexity index is 433. The van der Waals surface area contributed by atoms with Gasteiger partial charge in [0.2, 0.25) is 5.96 Å². The van der Waals surface area contributed by atoms with Gasteiger partial charge in [-0.05, 0) is 0 Å². The van der Waals surface area contributed by atoms with Crippen molar-refractivity contribution in [2.75, 3.05) is 40.4 Å². The third kappa shape index (κ3) is 2.67. The summed E-state index contributed by atoms with van der Waals surface area (Å²) in [6, 6.07) is 0. The van der Waals surface area contributed by atoms with Crippen molar-refractivity contribution in [3.8, 4) is 0 Å². The maximum atomic E-state index is 11.9. The van der Waals surface area contributed by atoms with Crippen molar-refractivity contribution >= 4 is 17.7 Å². The molecule has 0 saturated carbocycles. The fourth-order valence-electron chi connectivity index (χ4n) is 1.74. The molecule has 0 aromatic heterocycles. The number of ether oxygens (including phenoxy) is 1. The molecule has 7 nitrogen and oxygen atoms in total. The second-order valence-electron chi connectivity index (χ2n) is 4.32. The smallest absolute Gasteiger partial charge is 0.285 e. The molecule has 0 unspecified atom stereocenters. The van der Waals surface area contributed by atoms with Gasteiger partial charge in [-0.25, -0.2) is 0 Å². The van der Waals surface area contributed by atoms with E-state index in [9.17, 15) is 4.79 Å². The molecule has 0 atom stereocenters. The Morgan fingerprint density at radius 1 is 1.33 bits per heavy atom. The van der Waals surface area contributed by atoms with Crippen molar-refractivity contribution in [2.45, 2.75) is 0 Å². The fraction of sp³-hybridized carbons (Fsp3) is 0.545. The van der Waals surface area contributed by atoms with Gasteiger partial charge in [-0.3, -0.25) is 4.79 Å². The molecule has 18 heavy (non-hydrogen) atoms. The topological polar surface area (TPSA) is 83.5 Å². The number of carbonyl (C=O) groups is 1. The number of nitrogens with zero attached hydrogens (tertiary/aromatic N) is 4. The molecule has 0 spiro atoms. The number of morpholine rings is 1. The number of carbonyl (C=O) groups excluding carboxylic acids is 1. The summed E-state index contributed by atoms with van der Waals surface area (Å²) in [4.78, 5) is 23.7. The maximum absolute atomic E-state index is 11.9. The zero-order chi connectivity index (χ0) is 13.1. The summed E-state index contributed by atoms with van der Waals surface area (Å²) in [5, 5.41) is 0. The fourth-order valence-corrected chi connectivity index (χ4v) is 1.74. The van der Waals surface area contributed by atoms with Gasteiger partial charge >= 0.3 is 0 Å². The normalized spacial score (nSPS) is 22.9. The molecule has 0 aromatic rings. The van der Waals surface area contributed by atoms with E-state index in [-0.39, 0.29) is 11.7 Å². The van der Waals surface area contributed by atoms with E-state index in [2.05, 4.69) is 9.98 Å². The van der Waals surface area contributed by atoms with Crippen molar-refractivity contribution in [1.82, 2.24) is 9.80 Å². The van der Waals surface area contributed by atoms with E-state index in [1.807, 2.05) is 19.0 Å². The monoisotopic (exact) mass is 251 g/mol. The van der Waals surface area contributed by atoms with Crippen LogP contribution >= 0.6 is 0 Å². The SMILES string of the molecule is CN(C)/C=C1/C(=O)N=C(N2CCOCC2)N=C1N. The van der Waals surface area contributed by atoms with Crippen LogP contribution in [0.5, 0.6) is 0 Å². The van der Waals surface area contributed by atoms with Gasteiger partial charge in [0.1, 0.15) is 5.84 Å². The van der Waals surface area contributed by atoms with Gasteiger partial charge in [-0.2, -0.15) is 9.98 Å². The van der Waals surface area contributed by atoms with Crippen LogP contribution < -0.4 is 5.73 Å². The number of rotatable bonds is 1. The third-order valence-corrected chi connectivity index (χ3v) is 2.61. The summed E-state index contributed by atoms with van der Waals surface area (Å²) in [6.45, 7) is 2.58. The molecule has 1 saturated heterocycles. The Morgan fingerprint density at radius 2 is 2.00 bits per heavy atom. The Morgan fingerprint density at radius 3 is 2.56 bits per heavy atom. The van der Waals surface area contributed by atoms with E-state index in [0.29, 0.717) is 37.8 Å². The highest BCUT2D eigenvalue weighted by molar-refractivity contribution is 6.27. The Kier molecular flexibility index (Phi) is 3.61. The van der Waals surface area contributed by atoms with Gasteiger partial charge in [0, 0.05) is 33.4 Å². The first-order chi connectivity index (χ1) is 8.58. The van der Waals surface area contributed by atoms with Crippen LogP contribution in [0.2, 0.25) is 0 Å². The third-order valence-electron chi connectivity index (χ3n) is 2.61. The number of hydrogen-bond donors (Lipinski definition) is 1. The molecule has 0 bridgehead atoms. The van der Waals surface area contributed by atoms with E-state index < -0.39 is 0 Å². The zero-order valence-electron chi connectivity index (χ0n) is 10.6. The van der Waals surface area contributed by atoms with Crippen LogP contribution in [0.25, 0.3) is 0 Å². The molecular formula is C11H17N5O2. The predicted octanol–water partition coefficient (Wildman–Crippen LogP) is -0.982. The molecule has 1 fully saturated rings. The molecular weight excluding hydrogens is 234 g/mol. The molecule has 2 aliphatic heterocycles. The summed E-state index contributed by atoms with van der Waals surface area (Å²) >= 11 is 0. The van der Waals surface area contributed by atoms with Crippen LogP contribution in [0.4, 0.5) is 0 Å². The summed E-state index contributed by atoms with van der Waals surface area (Å²) in [6.07, 6.45) is 1.63. The quantitative estimate of drug-likeness (QED) is 0.605. The number of aliphatic imine (C=N–C) groups is 2. The number of guanidine groups is 1. The Balaban J connectivity index is 2.20. The van der Waals surface area contributed by atoms with Gasteiger partial charge in [0.05, 0.1) is 18.8 Å². The maximum Gasteiger partial charge on any atom is 0.285 e. The minimum absolute atomic E-state index is 0.213. The first kappa shape index (κ1) is 12.6. The molecule has 98 valence electrons. The average Bonchev–Trinajstić information content (AvgIpc) is 2.34. The lowest BCUT2D eigenvalue weighted by molar-refractivity contribution is -0.114. The largest absolute Gasteiger partial charge is 0.383 e. The minimum atomic E-state index is -0.349. The number of nitrogens with two attached hydrogens (primary N) is 1. The first-order valence-electron chi connectivity index (χ1n) is 5.76. The molecule has 2 rings (SSSR count). The number of amidine groups is 1. The predicted molar refractivity (Wildman–Crippen MR) is 68.2 cm³/mol. The average molecular weight is 251 g/mol. The van der Waals surface area contributed by atoms with Crippen LogP contribution in [-0.4, -0.2) is 67.9 Å². The minimum Gasteiger partial charge on any atom is -0.383 e. The van der Waals surface area contributed by atoms with Crippen molar-refractivity contribution < 1.29 is 9.53 Å².